The van der Waals surface area contributed by atoms with Gasteiger partial charge in [-0.15, -0.1) is 0 Å². The van der Waals surface area contributed by atoms with Gasteiger partial charge in [0.1, 0.15) is 23.0 Å². The molecule has 184 valence electrons. The summed E-state index contributed by atoms with van der Waals surface area (Å²) < 4.78 is 32.0. The van der Waals surface area contributed by atoms with Crippen LogP contribution in [0.2, 0.25) is 5.15 Å². The number of nitrogens with zero attached hydrogens (tertiary/aromatic N) is 5. The molecule has 0 saturated carbocycles. The largest absolute Gasteiger partial charge is 0.460 e. The minimum atomic E-state index is -0.699. The third-order valence-electron chi connectivity index (χ3n) is 6.43. The summed E-state index contributed by atoms with van der Waals surface area (Å²) in [5.74, 6) is -0.161. The maximum Gasteiger partial charge on any atom is 0.410 e. The number of fused-ring (bicyclic) bond motifs is 3. The Morgan fingerprint density at radius 1 is 1.15 bits per heavy atom. The molecule has 3 saturated heterocycles. The predicted molar refractivity (Wildman–Crippen MR) is 124 cm³/mol. The Hall–Kier alpha value is -2.46. The van der Waals surface area contributed by atoms with Crippen molar-refractivity contribution in [3.63, 3.8) is 0 Å². The van der Waals surface area contributed by atoms with Crippen LogP contribution in [0, 0.1) is 5.82 Å². The lowest BCUT2D eigenvalue weighted by Crippen LogP contribution is -2.57. The number of piperazine rings is 1. The third kappa shape index (κ3) is 4.57. The van der Waals surface area contributed by atoms with Crippen LogP contribution in [0.1, 0.15) is 46.5 Å². The standard InChI is InChI=1S/C23H29ClFN5O4/c1-23(2,3)34-22(31)30-13-4-5-14(30)12-29(11-13)20-16-10-26-19(24)17(25)18(16)27-21(28-20)33-15-6-8-32-9-7-15/h10,13-15H,4-9,11-12H2,1-3H3/t13-,14+. The van der Waals surface area contributed by atoms with E-state index in [1.54, 1.807) is 0 Å². The second kappa shape index (κ2) is 8.96. The van der Waals surface area contributed by atoms with Crippen molar-refractivity contribution in [2.24, 2.45) is 0 Å². The van der Waals surface area contributed by atoms with Crippen LogP contribution in [-0.2, 0) is 9.47 Å². The number of halogens is 2. The quantitative estimate of drug-likeness (QED) is 0.593. The summed E-state index contributed by atoms with van der Waals surface area (Å²) >= 11 is 5.96. The molecule has 2 aromatic rings. The number of carbonyl (C=O) groups is 1. The zero-order chi connectivity index (χ0) is 24.0. The topological polar surface area (TPSA) is 89.9 Å². The second-order valence-corrected chi connectivity index (χ2v) is 10.4. The highest BCUT2D eigenvalue weighted by atomic mass is 35.5. The molecule has 2 atom stereocenters. The van der Waals surface area contributed by atoms with Crippen LogP contribution in [-0.4, -0.2) is 76.0 Å². The molecule has 0 N–H and O–H groups in total. The van der Waals surface area contributed by atoms with E-state index < -0.39 is 11.4 Å². The van der Waals surface area contributed by atoms with E-state index in [4.69, 9.17) is 25.8 Å². The number of pyridine rings is 1. The van der Waals surface area contributed by atoms with Crippen LogP contribution in [0.4, 0.5) is 15.0 Å². The molecule has 0 radical (unpaired) electrons. The molecule has 3 fully saturated rings. The van der Waals surface area contributed by atoms with Crippen LogP contribution in [0.25, 0.3) is 10.9 Å². The van der Waals surface area contributed by atoms with E-state index in [1.807, 2.05) is 25.7 Å². The normalized spacial score (nSPS) is 23.4. The Balaban J connectivity index is 1.46. The SMILES string of the molecule is CC(C)(C)OC(=O)N1[C@@H]2CC[C@H]1CN(c1nc(OC3CCOCC3)nc3c(F)c(Cl)ncc13)C2. The molecule has 0 spiro atoms. The Kier molecular flexibility index (Phi) is 6.14. The number of amides is 1. The maximum absolute atomic E-state index is 14.9. The molecule has 3 aliphatic heterocycles. The fraction of sp³-hybridized carbons (Fsp3) is 0.652. The van der Waals surface area contributed by atoms with Gasteiger partial charge in [0.2, 0.25) is 0 Å². The van der Waals surface area contributed by atoms with Crippen molar-refractivity contribution in [1.82, 2.24) is 19.9 Å². The second-order valence-electron chi connectivity index (χ2n) is 10.1. The summed E-state index contributed by atoms with van der Waals surface area (Å²) in [6, 6.07) is 0.0599. The van der Waals surface area contributed by atoms with Crippen molar-refractivity contribution in [3.05, 3.63) is 17.2 Å². The predicted octanol–water partition coefficient (Wildman–Crippen LogP) is 3.96. The van der Waals surface area contributed by atoms with Gasteiger partial charge in [0.05, 0.1) is 30.7 Å². The van der Waals surface area contributed by atoms with Crippen LogP contribution in [0.3, 0.4) is 0 Å². The summed E-state index contributed by atoms with van der Waals surface area (Å²) in [5.41, 5.74) is -0.482. The Morgan fingerprint density at radius 3 is 2.47 bits per heavy atom. The van der Waals surface area contributed by atoms with Gasteiger partial charge in [-0.2, -0.15) is 9.97 Å². The molecular weight excluding hydrogens is 465 g/mol. The van der Waals surface area contributed by atoms with Crippen molar-refractivity contribution in [1.29, 1.82) is 0 Å². The summed E-state index contributed by atoms with van der Waals surface area (Å²) in [6.07, 6.45) is 4.27. The Labute approximate surface area is 202 Å². The van der Waals surface area contributed by atoms with E-state index in [0.717, 1.165) is 25.7 Å². The summed E-state index contributed by atoms with van der Waals surface area (Å²) in [4.78, 5) is 29.8. The van der Waals surface area contributed by atoms with Gasteiger partial charge >= 0.3 is 12.1 Å². The summed E-state index contributed by atoms with van der Waals surface area (Å²) in [5, 5.41) is 0.218. The van der Waals surface area contributed by atoms with Crippen molar-refractivity contribution in [2.45, 2.75) is 70.2 Å². The van der Waals surface area contributed by atoms with Gasteiger partial charge in [-0.1, -0.05) is 11.6 Å². The molecule has 0 unspecified atom stereocenters. The van der Waals surface area contributed by atoms with Gasteiger partial charge in [0.25, 0.3) is 0 Å². The Bertz CT molecular complexity index is 1080. The van der Waals surface area contributed by atoms with E-state index >= 15 is 0 Å². The molecule has 2 bridgehead atoms. The van der Waals surface area contributed by atoms with Gasteiger partial charge in [0, 0.05) is 32.1 Å². The number of aromatic nitrogens is 3. The number of carbonyl (C=O) groups excluding carboxylic acids is 1. The number of rotatable bonds is 3. The van der Waals surface area contributed by atoms with Gasteiger partial charge in [-0.3, -0.25) is 4.90 Å². The molecular formula is C23H29ClFN5O4. The average molecular weight is 494 g/mol. The van der Waals surface area contributed by atoms with Gasteiger partial charge in [-0.05, 0) is 33.6 Å². The molecule has 3 aliphatic rings. The molecule has 1 amide bonds. The first-order valence-electron chi connectivity index (χ1n) is 11.7. The molecule has 5 rings (SSSR count). The first kappa shape index (κ1) is 23.3. The monoisotopic (exact) mass is 493 g/mol. The zero-order valence-corrected chi connectivity index (χ0v) is 20.3. The smallest absolute Gasteiger partial charge is 0.410 e. The van der Waals surface area contributed by atoms with E-state index in [9.17, 15) is 9.18 Å². The van der Waals surface area contributed by atoms with Crippen LogP contribution in [0.15, 0.2) is 6.20 Å². The molecule has 11 heteroatoms. The zero-order valence-electron chi connectivity index (χ0n) is 19.6. The minimum absolute atomic E-state index is 0.0245. The fourth-order valence-electron chi connectivity index (χ4n) is 4.92. The van der Waals surface area contributed by atoms with Crippen molar-refractivity contribution < 1.29 is 23.4 Å². The fourth-order valence-corrected chi connectivity index (χ4v) is 5.06. The molecule has 0 aromatic carbocycles. The molecule has 5 heterocycles. The number of anilines is 1. The maximum atomic E-state index is 14.9. The number of ether oxygens (including phenoxy) is 3. The first-order valence-corrected chi connectivity index (χ1v) is 12.1. The highest BCUT2D eigenvalue weighted by Crippen LogP contribution is 2.37. The van der Waals surface area contributed by atoms with E-state index in [-0.39, 0.29) is 41.0 Å². The first-order chi connectivity index (χ1) is 16.2. The van der Waals surface area contributed by atoms with Crippen molar-refractivity contribution >= 4 is 34.4 Å². The highest BCUT2D eigenvalue weighted by Gasteiger charge is 2.45. The van der Waals surface area contributed by atoms with E-state index in [1.165, 1.54) is 6.20 Å². The number of hydrogen-bond acceptors (Lipinski definition) is 8. The minimum Gasteiger partial charge on any atom is -0.460 e. The third-order valence-corrected chi connectivity index (χ3v) is 6.69. The van der Waals surface area contributed by atoms with Gasteiger partial charge < -0.3 is 19.1 Å². The van der Waals surface area contributed by atoms with E-state index in [0.29, 0.717) is 37.5 Å². The van der Waals surface area contributed by atoms with Gasteiger partial charge in [0.15, 0.2) is 11.0 Å². The molecule has 9 nitrogen and oxygen atoms in total. The number of hydrogen-bond donors (Lipinski definition) is 0. The van der Waals surface area contributed by atoms with E-state index in [2.05, 4.69) is 19.9 Å². The summed E-state index contributed by atoms with van der Waals surface area (Å²) in [7, 11) is 0. The highest BCUT2D eigenvalue weighted by molar-refractivity contribution is 6.30. The van der Waals surface area contributed by atoms with Crippen LogP contribution >= 0.6 is 11.6 Å². The van der Waals surface area contributed by atoms with Crippen molar-refractivity contribution in [2.75, 3.05) is 31.2 Å². The Morgan fingerprint density at radius 2 is 1.82 bits per heavy atom. The molecule has 0 aliphatic carbocycles. The molecule has 34 heavy (non-hydrogen) atoms. The summed E-state index contributed by atoms with van der Waals surface area (Å²) in [6.45, 7) is 7.89. The van der Waals surface area contributed by atoms with Crippen molar-refractivity contribution in [3.8, 4) is 6.01 Å². The van der Waals surface area contributed by atoms with Crippen LogP contribution < -0.4 is 9.64 Å². The van der Waals surface area contributed by atoms with Crippen LogP contribution in [0.5, 0.6) is 6.01 Å². The average Bonchev–Trinajstić information content (AvgIpc) is 3.05. The lowest BCUT2D eigenvalue weighted by Gasteiger charge is -2.42. The molecule has 2 aromatic heterocycles. The lowest BCUT2D eigenvalue weighted by molar-refractivity contribution is 0.0121. The lowest BCUT2D eigenvalue weighted by atomic mass is 10.1. The van der Waals surface area contributed by atoms with Gasteiger partial charge in [-0.25, -0.2) is 14.2 Å².